The first-order valence-corrected chi connectivity index (χ1v) is 24.9. The second-order valence-corrected chi connectivity index (χ2v) is 27.1. The Balaban J connectivity index is 1.64. The normalized spacial score (nSPS) is 19.9. The highest BCUT2D eigenvalue weighted by Gasteiger charge is 2.37. The van der Waals surface area contributed by atoms with Gasteiger partial charge in [-0.05, 0) is 62.3 Å². The van der Waals surface area contributed by atoms with Crippen LogP contribution < -0.4 is 4.90 Å². The molecule has 3 heterocycles. The number of anilines is 1. The third kappa shape index (κ3) is 9.40. The molecule has 2 bridgehead atoms. The Kier molecular flexibility index (Phi) is 11.7. The van der Waals surface area contributed by atoms with E-state index in [1.54, 1.807) is 18.5 Å². The van der Waals surface area contributed by atoms with Crippen molar-refractivity contribution < 1.29 is 19.0 Å². The van der Waals surface area contributed by atoms with Gasteiger partial charge in [-0.15, -0.1) is 0 Å². The summed E-state index contributed by atoms with van der Waals surface area (Å²) in [6.07, 6.45) is 14.5. The zero-order valence-electron chi connectivity index (χ0n) is 29.6. The Morgan fingerprint density at radius 2 is 1.60 bits per heavy atom. The first-order chi connectivity index (χ1) is 22.5. The van der Waals surface area contributed by atoms with Crippen molar-refractivity contribution >= 4 is 40.0 Å². The Morgan fingerprint density at radius 1 is 0.936 bits per heavy atom. The number of aldehydes is 1. The van der Waals surface area contributed by atoms with Crippen molar-refractivity contribution in [1.82, 2.24) is 19.6 Å². The van der Waals surface area contributed by atoms with Crippen molar-refractivity contribution in [2.75, 3.05) is 38.2 Å². The molecule has 0 amide bonds. The lowest BCUT2D eigenvalue weighted by molar-refractivity contribution is 0.0941. The summed E-state index contributed by atoms with van der Waals surface area (Å²) < 4.78 is 20.6. The number of rotatable bonds is 17. The molecule has 9 nitrogen and oxygen atoms in total. The number of hydrogen-bond donors (Lipinski definition) is 0. The predicted octanol–water partition coefficient (Wildman–Crippen LogP) is 8.34. The molecule has 256 valence electrons. The predicted molar refractivity (Wildman–Crippen MR) is 195 cm³/mol. The molecule has 0 unspecified atom stereocenters. The molecule has 11 heteroatoms. The molecule has 0 radical (unpaired) electrons. The van der Waals surface area contributed by atoms with Gasteiger partial charge in [0.1, 0.15) is 25.0 Å². The van der Waals surface area contributed by atoms with Gasteiger partial charge < -0.3 is 19.1 Å². The van der Waals surface area contributed by atoms with E-state index in [-0.39, 0.29) is 0 Å². The fourth-order valence-electron chi connectivity index (χ4n) is 6.83. The fraction of sp³-hybridized carbons (Fsp3) is 0.611. The lowest BCUT2D eigenvalue weighted by atomic mass is 9.78. The van der Waals surface area contributed by atoms with Crippen molar-refractivity contribution in [2.24, 2.45) is 11.8 Å². The molecule has 2 aliphatic carbocycles. The summed E-state index contributed by atoms with van der Waals surface area (Å²) in [6, 6.07) is 5.85. The Hall–Kier alpha value is -2.87. The number of aromatic nitrogens is 4. The second-order valence-electron chi connectivity index (χ2n) is 15.8. The van der Waals surface area contributed by atoms with Crippen LogP contribution in [0.2, 0.25) is 51.4 Å². The van der Waals surface area contributed by atoms with Gasteiger partial charge >= 0.3 is 0 Å². The van der Waals surface area contributed by atoms with Gasteiger partial charge in [0.15, 0.2) is 11.9 Å². The van der Waals surface area contributed by atoms with Gasteiger partial charge in [-0.3, -0.25) is 9.78 Å². The van der Waals surface area contributed by atoms with Crippen LogP contribution in [0, 0.1) is 11.8 Å². The van der Waals surface area contributed by atoms with Crippen molar-refractivity contribution in [2.45, 2.75) is 96.3 Å². The fourth-order valence-corrected chi connectivity index (χ4v) is 8.34. The van der Waals surface area contributed by atoms with Crippen molar-refractivity contribution in [3.63, 3.8) is 0 Å². The largest absolute Gasteiger partial charge is 0.501 e. The molecule has 2 aliphatic rings. The molecule has 47 heavy (non-hydrogen) atoms. The lowest BCUT2D eigenvalue weighted by Gasteiger charge is -2.32. The van der Waals surface area contributed by atoms with Crippen LogP contribution in [0.25, 0.3) is 22.9 Å². The van der Waals surface area contributed by atoms with Crippen molar-refractivity contribution in [1.29, 1.82) is 0 Å². The van der Waals surface area contributed by atoms with Gasteiger partial charge in [0.2, 0.25) is 0 Å². The van der Waals surface area contributed by atoms with E-state index < -0.39 is 16.1 Å². The monoisotopic (exact) mass is 677 g/mol. The van der Waals surface area contributed by atoms with Gasteiger partial charge in [0.25, 0.3) is 0 Å². The van der Waals surface area contributed by atoms with Crippen LogP contribution in [0.15, 0.2) is 30.8 Å². The molecule has 0 aromatic carbocycles. The van der Waals surface area contributed by atoms with E-state index >= 15 is 0 Å². The highest BCUT2D eigenvalue weighted by molar-refractivity contribution is 6.76. The Bertz CT molecular complexity index is 1480. The summed E-state index contributed by atoms with van der Waals surface area (Å²) in [4.78, 5) is 23.4. The van der Waals surface area contributed by atoms with E-state index in [2.05, 4.69) is 55.2 Å². The smallest absolute Gasteiger partial charge is 0.168 e. The minimum atomic E-state index is -1.27. The van der Waals surface area contributed by atoms with Crippen LogP contribution in [0.5, 0.6) is 0 Å². The number of carbonyl (C=O) groups excluding carboxylic acids is 1. The molecular weight excluding hydrogens is 623 g/mol. The summed E-state index contributed by atoms with van der Waals surface area (Å²) in [5.41, 5.74) is 5.04. The third-order valence-corrected chi connectivity index (χ3v) is 12.9. The number of fused-ring (bicyclic) bond motifs is 3. The summed E-state index contributed by atoms with van der Waals surface area (Å²) in [5, 5.41) is 4.95. The summed E-state index contributed by atoms with van der Waals surface area (Å²) in [6.45, 7) is 19.0. The number of hydrogen-bond acceptors (Lipinski definition) is 8. The minimum Gasteiger partial charge on any atom is -0.501 e. The second kappa shape index (κ2) is 15.6. The average Bonchev–Trinajstić information content (AvgIpc) is 3.60. The molecule has 0 aliphatic heterocycles. The first kappa shape index (κ1) is 35.4. The Labute approximate surface area is 283 Å². The molecule has 2 fully saturated rings. The third-order valence-electron chi connectivity index (χ3n) is 9.46. The maximum atomic E-state index is 11.4. The Morgan fingerprint density at radius 3 is 2.15 bits per heavy atom. The molecule has 2 saturated carbocycles. The van der Waals surface area contributed by atoms with E-state index in [9.17, 15) is 4.79 Å². The number of ether oxygens (including phenoxy) is 3. The van der Waals surface area contributed by atoms with Gasteiger partial charge in [0, 0.05) is 58.2 Å². The van der Waals surface area contributed by atoms with E-state index in [0.717, 1.165) is 76.9 Å². The number of pyridine rings is 1. The molecule has 3 aromatic heterocycles. The molecule has 5 rings (SSSR count). The standard InChI is InChI=1S/C36H55N5O4Si2/c1-8-43-14-13-32-34(30-20-27-9-10-28(19-27)21-30)39-35-33(29-11-12-31(24-42)37-22-29)23-38-41(35)36(32)40(25-44-15-17-46(2,3)4)26-45-16-18-47(5,6)7/h11-14,22-24,27-28,30H,8-10,15-21,25-26H2,1-7H3/b14-13-/t27-,28+,30+. The molecular formula is C36H55N5O4Si2. The van der Waals surface area contributed by atoms with Crippen LogP contribution in [0.4, 0.5) is 5.82 Å². The van der Waals surface area contributed by atoms with E-state index in [1.807, 2.05) is 23.7 Å². The quantitative estimate of drug-likeness (QED) is 0.0463. The first-order valence-electron chi connectivity index (χ1n) is 17.5. The molecule has 0 saturated heterocycles. The van der Waals surface area contributed by atoms with Crippen LogP contribution in [-0.4, -0.2) is 75.3 Å². The maximum absolute atomic E-state index is 11.4. The zero-order chi connectivity index (χ0) is 33.6. The van der Waals surface area contributed by atoms with Crippen molar-refractivity contribution in [3.8, 4) is 11.1 Å². The summed E-state index contributed by atoms with van der Waals surface area (Å²) in [5.74, 6) is 2.74. The van der Waals surface area contributed by atoms with Gasteiger partial charge in [-0.1, -0.05) is 58.2 Å². The number of carbonyl (C=O) groups is 1. The van der Waals surface area contributed by atoms with E-state index in [1.165, 1.54) is 19.3 Å². The van der Waals surface area contributed by atoms with Crippen LogP contribution in [0.3, 0.4) is 0 Å². The SMILES string of the molecule is CCO/C=C\c1c([C@H]2C[C@@H]3CC[C@@H](C3)C2)nc2c(-c3ccc(C=O)nc3)cnn2c1N(COCC[Si](C)(C)C)COCC[Si](C)(C)C. The molecule has 3 atom stereocenters. The lowest BCUT2D eigenvalue weighted by Crippen LogP contribution is -2.34. The minimum absolute atomic E-state index is 0.340. The summed E-state index contributed by atoms with van der Waals surface area (Å²) >= 11 is 0. The maximum Gasteiger partial charge on any atom is 0.168 e. The zero-order valence-corrected chi connectivity index (χ0v) is 31.6. The van der Waals surface area contributed by atoms with Crippen LogP contribution in [0.1, 0.15) is 66.7 Å². The summed E-state index contributed by atoms with van der Waals surface area (Å²) in [7, 11) is -2.54. The topological polar surface area (TPSA) is 91.1 Å². The van der Waals surface area contributed by atoms with E-state index in [0.29, 0.717) is 44.9 Å². The van der Waals surface area contributed by atoms with Gasteiger partial charge in [-0.2, -0.15) is 9.61 Å². The van der Waals surface area contributed by atoms with E-state index in [4.69, 9.17) is 24.3 Å². The van der Waals surface area contributed by atoms with Crippen LogP contribution in [-0.2, 0) is 14.2 Å². The molecule has 0 N–H and O–H groups in total. The molecule has 3 aromatic rings. The average molecular weight is 678 g/mol. The highest BCUT2D eigenvalue weighted by atomic mass is 28.3. The highest BCUT2D eigenvalue weighted by Crippen LogP contribution is 2.49. The molecule has 0 spiro atoms. The van der Waals surface area contributed by atoms with Gasteiger partial charge in [-0.25, -0.2) is 4.98 Å². The van der Waals surface area contributed by atoms with Crippen molar-refractivity contribution in [3.05, 3.63) is 47.7 Å². The van der Waals surface area contributed by atoms with Crippen LogP contribution >= 0.6 is 0 Å². The number of nitrogens with zero attached hydrogens (tertiary/aromatic N) is 5. The van der Waals surface area contributed by atoms with Gasteiger partial charge in [0.05, 0.1) is 24.8 Å².